The second-order valence-electron chi connectivity index (χ2n) is 6.79. The van der Waals surface area contributed by atoms with Crippen LogP contribution in [0.2, 0.25) is 0 Å². The van der Waals surface area contributed by atoms with Crippen molar-refractivity contribution < 1.29 is 17.9 Å². The predicted molar refractivity (Wildman–Crippen MR) is 97.7 cm³/mol. The lowest BCUT2D eigenvalue weighted by molar-refractivity contribution is -0.182. The Hall–Kier alpha value is -1.92. The SMILES string of the molecule is CN=C(NCCc1ccc(C)c(OC)c1)NC1CCC(C(F)(F)F)CC1. The number of alkyl halides is 3. The van der Waals surface area contributed by atoms with E-state index in [-0.39, 0.29) is 18.9 Å². The van der Waals surface area contributed by atoms with Crippen molar-refractivity contribution in [2.75, 3.05) is 20.7 Å². The van der Waals surface area contributed by atoms with Crippen LogP contribution in [0.4, 0.5) is 13.2 Å². The highest BCUT2D eigenvalue weighted by molar-refractivity contribution is 5.79. The van der Waals surface area contributed by atoms with Gasteiger partial charge in [0.25, 0.3) is 0 Å². The zero-order valence-corrected chi connectivity index (χ0v) is 15.6. The van der Waals surface area contributed by atoms with Gasteiger partial charge in [-0.05, 0) is 56.2 Å². The minimum absolute atomic E-state index is 0.0410. The Morgan fingerprint density at radius 3 is 2.50 bits per heavy atom. The van der Waals surface area contributed by atoms with Gasteiger partial charge in [0.15, 0.2) is 5.96 Å². The van der Waals surface area contributed by atoms with E-state index in [1.807, 2.05) is 19.1 Å². The Morgan fingerprint density at radius 1 is 1.23 bits per heavy atom. The summed E-state index contributed by atoms with van der Waals surface area (Å²) in [6.07, 6.45) is -1.87. The number of methoxy groups -OCH3 is 1. The van der Waals surface area contributed by atoms with Crippen molar-refractivity contribution in [3.8, 4) is 5.75 Å². The van der Waals surface area contributed by atoms with Crippen LogP contribution >= 0.6 is 0 Å². The fourth-order valence-electron chi connectivity index (χ4n) is 3.30. The molecule has 0 saturated heterocycles. The Morgan fingerprint density at radius 2 is 1.92 bits per heavy atom. The highest BCUT2D eigenvalue weighted by Crippen LogP contribution is 2.37. The fraction of sp³-hybridized carbons (Fsp3) is 0.632. The monoisotopic (exact) mass is 371 g/mol. The molecule has 26 heavy (non-hydrogen) atoms. The molecule has 0 amide bonds. The highest BCUT2D eigenvalue weighted by Gasteiger charge is 2.41. The minimum Gasteiger partial charge on any atom is -0.496 e. The normalized spacial score (nSPS) is 21.4. The number of rotatable bonds is 5. The van der Waals surface area contributed by atoms with E-state index in [0.717, 1.165) is 23.3 Å². The van der Waals surface area contributed by atoms with Crippen LogP contribution in [0.1, 0.15) is 36.8 Å². The van der Waals surface area contributed by atoms with Crippen LogP contribution in [-0.4, -0.2) is 38.9 Å². The molecule has 1 aliphatic rings. The zero-order valence-electron chi connectivity index (χ0n) is 15.6. The minimum atomic E-state index is -4.07. The number of halogens is 3. The maximum Gasteiger partial charge on any atom is 0.391 e. The first kappa shape index (κ1) is 20.4. The zero-order chi connectivity index (χ0) is 19.2. The maximum atomic E-state index is 12.7. The molecule has 0 aliphatic heterocycles. The Balaban J connectivity index is 1.77. The maximum absolute atomic E-state index is 12.7. The Kier molecular flexibility index (Phi) is 7.17. The molecule has 0 atom stereocenters. The van der Waals surface area contributed by atoms with Crippen LogP contribution in [-0.2, 0) is 6.42 Å². The van der Waals surface area contributed by atoms with Crippen LogP contribution < -0.4 is 15.4 Å². The van der Waals surface area contributed by atoms with Crippen molar-refractivity contribution >= 4 is 5.96 Å². The molecular weight excluding hydrogens is 343 g/mol. The summed E-state index contributed by atoms with van der Waals surface area (Å²) in [7, 11) is 3.33. The molecule has 2 N–H and O–H groups in total. The van der Waals surface area contributed by atoms with Gasteiger partial charge in [0.05, 0.1) is 13.0 Å². The van der Waals surface area contributed by atoms with E-state index < -0.39 is 12.1 Å². The van der Waals surface area contributed by atoms with Crippen molar-refractivity contribution in [1.82, 2.24) is 10.6 Å². The Bertz CT molecular complexity index is 609. The van der Waals surface area contributed by atoms with E-state index in [9.17, 15) is 13.2 Å². The first-order chi connectivity index (χ1) is 12.3. The van der Waals surface area contributed by atoms with Crippen molar-refractivity contribution in [1.29, 1.82) is 0 Å². The van der Waals surface area contributed by atoms with E-state index in [1.165, 1.54) is 0 Å². The topological polar surface area (TPSA) is 45.7 Å². The smallest absolute Gasteiger partial charge is 0.391 e. The van der Waals surface area contributed by atoms with Crippen molar-refractivity contribution in [3.63, 3.8) is 0 Å². The molecule has 0 bridgehead atoms. The fourth-order valence-corrected chi connectivity index (χ4v) is 3.30. The van der Waals surface area contributed by atoms with Gasteiger partial charge in [-0.25, -0.2) is 0 Å². The molecule has 2 rings (SSSR count). The van der Waals surface area contributed by atoms with Crippen LogP contribution in [0.5, 0.6) is 5.75 Å². The molecule has 1 saturated carbocycles. The van der Waals surface area contributed by atoms with E-state index in [0.29, 0.717) is 25.3 Å². The van der Waals surface area contributed by atoms with Gasteiger partial charge in [-0.3, -0.25) is 4.99 Å². The average molecular weight is 371 g/mol. The van der Waals surface area contributed by atoms with Gasteiger partial charge < -0.3 is 15.4 Å². The van der Waals surface area contributed by atoms with Gasteiger partial charge >= 0.3 is 6.18 Å². The number of nitrogens with zero attached hydrogens (tertiary/aromatic N) is 1. The number of aliphatic imine (C=N–C) groups is 1. The summed E-state index contributed by atoms with van der Waals surface area (Å²) in [6.45, 7) is 2.68. The summed E-state index contributed by atoms with van der Waals surface area (Å²) in [5.41, 5.74) is 2.25. The summed E-state index contributed by atoms with van der Waals surface area (Å²) >= 11 is 0. The van der Waals surface area contributed by atoms with E-state index >= 15 is 0 Å². The first-order valence-corrected chi connectivity index (χ1v) is 9.01. The van der Waals surface area contributed by atoms with Crippen molar-refractivity contribution in [2.24, 2.45) is 10.9 Å². The standard InChI is InChI=1S/C19H28F3N3O/c1-13-4-5-14(12-17(13)26-3)10-11-24-18(23-2)25-16-8-6-15(7-9-16)19(20,21)22/h4-5,12,15-16H,6-11H2,1-3H3,(H2,23,24,25). The van der Waals surface area contributed by atoms with E-state index in [1.54, 1.807) is 14.2 Å². The third kappa shape index (κ3) is 5.81. The number of hydrogen-bond acceptors (Lipinski definition) is 2. The lowest BCUT2D eigenvalue weighted by Gasteiger charge is -2.31. The van der Waals surface area contributed by atoms with Gasteiger partial charge in [-0.15, -0.1) is 0 Å². The molecule has 0 heterocycles. The number of benzene rings is 1. The second kappa shape index (κ2) is 9.14. The molecule has 4 nitrogen and oxygen atoms in total. The van der Waals surface area contributed by atoms with E-state index in [2.05, 4.69) is 21.7 Å². The Labute approximate surface area is 153 Å². The number of guanidine groups is 1. The predicted octanol–water partition coefficient (Wildman–Crippen LogP) is 3.83. The molecule has 0 aromatic heterocycles. The third-order valence-corrected chi connectivity index (χ3v) is 4.93. The van der Waals surface area contributed by atoms with E-state index in [4.69, 9.17) is 4.74 Å². The highest BCUT2D eigenvalue weighted by atomic mass is 19.4. The average Bonchev–Trinajstić information content (AvgIpc) is 2.61. The van der Waals surface area contributed by atoms with Gasteiger partial charge in [0.2, 0.25) is 0 Å². The number of ether oxygens (including phenoxy) is 1. The van der Waals surface area contributed by atoms with Gasteiger partial charge in [0.1, 0.15) is 5.75 Å². The lowest BCUT2D eigenvalue weighted by Crippen LogP contribution is -2.46. The van der Waals surface area contributed by atoms with Crippen molar-refractivity contribution in [3.05, 3.63) is 29.3 Å². The van der Waals surface area contributed by atoms with Crippen LogP contribution in [0.3, 0.4) is 0 Å². The summed E-state index contributed by atoms with van der Waals surface area (Å²) < 4.78 is 43.5. The van der Waals surface area contributed by atoms with Gasteiger partial charge in [0, 0.05) is 19.6 Å². The molecule has 1 fully saturated rings. The van der Waals surface area contributed by atoms with Gasteiger partial charge in [-0.1, -0.05) is 12.1 Å². The number of nitrogens with one attached hydrogen (secondary N) is 2. The second-order valence-corrected chi connectivity index (χ2v) is 6.79. The summed E-state index contributed by atoms with van der Waals surface area (Å²) in [4.78, 5) is 4.18. The molecule has 1 aromatic carbocycles. The summed E-state index contributed by atoms with van der Waals surface area (Å²) in [5.74, 6) is 0.345. The van der Waals surface area contributed by atoms with Crippen LogP contribution in [0.25, 0.3) is 0 Å². The van der Waals surface area contributed by atoms with Crippen LogP contribution in [0, 0.1) is 12.8 Å². The molecular formula is C19H28F3N3O. The molecule has 0 unspecified atom stereocenters. The third-order valence-electron chi connectivity index (χ3n) is 4.93. The molecule has 0 radical (unpaired) electrons. The molecule has 146 valence electrons. The van der Waals surface area contributed by atoms with Crippen LogP contribution in [0.15, 0.2) is 23.2 Å². The number of hydrogen-bond donors (Lipinski definition) is 2. The summed E-state index contributed by atoms with van der Waals surface area (Å²) in [6, 6.07) is 6.15. The first-order valence-electron chi connectivity index (χ1n) is 9.01. The molecule has 1 aromatic rings. The van der Waals surface area contributed by atoms with Gasteiger partial charge in [-0.2, -0.15) is 13.2 Å². The lowest BCUT2D eigenvalue weighted by atomic mass is 9.85. The van der Waals surface area contributed by atoms with Crippen molar-refractivity contribution in [2.45, 2.75) is 51.2 Å². The molecule has 7 heteroatoms. The largest absolute Gasteiger partial charge is 0.496 e. The number of aryl methyl sites for hydroxylation is 1. The molecule has 0 spiro atoms. The quantitative estimate of drug-likeness (QED) is 0.611. The summed E-state index contributed by atoms with van der Waals surface area (Å²) in [5, 5.41) is 6.48. The molecule has 1 aliphatic carbocycles.